The lowest BCUT2D eigenvalue weighted by Crippen LogP contribution is -2.31. The summed E-state index contributed by atoms with van der Waals surface area (Å²) >= 11 is 11.9. The van der Waals surface area contributed by atoms with E-state index in [0.717, 1.165) is 31.2 Å². The lowest BCUT2D eigenvalue weighted by molar-refractivity contribution is -0.145. The molecule has 0 radical (unpaired) electrons. The third kappa shape index (κ3) is 3.64. The Balaban J connectivity index is 2.13. The van der Waals surface area contributed by atoms with E-state index in [1.807, 2.05) is 12.1 Å². The highest BCUT2D eigenvalue weighted by molar-refractivity contribution is 6.42. The van der Waals surface area contributed by atoms with E-state index in [0.29, 0.717) is 16.0 Å². The van der Waals surface area contributed by atoms with Crippen LogP contribution in [0.15, 0.2) is 18.2 Å². The summed E-state index contributed by atoms with van der Waals surface area (Å²) in [6, 6.07) is 5.57. The fourth-order valence-electron chi connectivity index (χ4n) is 3.02. The molecule has 0 aromatic heterocycles. The Labute approximate surface area is 123 Å². The number of aliphatic carboxylic acids is 1. The predicted octanol–water partition coefficient (Wildman–Crippen LogP) is 4.67. The smallest absolute Gasteiger partial charge is 0.306 e. The van der Waals surface area contributed by atoms with Crippen molar-refractivity contribution in [2.75, 3.05) is 0 Å². The largest absolute Gasteiger partial charge is 0.481 e. The van der Waals surface area contributed by atoms with Gasteiger partial charge in [0.1, 0.15) is 0 Å². The van der Waals surface area contributed by atoms with Crippen molar-refractivity contribution < 1.29 is 9.90 Å². The molecule has 1 aliphatic carbocycles. The molecule has 0 heterocycles. The summed E-state index contributed by atoms with van der Waals surface area (Å²) in [5.41, 5.74) is 1.07. The van der Waals surface area contributed by atoms with Crippen LogP contribution in [0.3, 0.4) is 0 Å². The third-order valence-corrected chi connectivity index (χ3v) is 4.78. The number of carbonyl (C=O) groups is 1. The van der Waals surface area contributed by atoms with E-state index >= 15 is 0 Å². The Bertz CT molecular complexity index is 473. The second-order valence-electron chi connectivity index (χ2n) is 5.58. The number of hydrogen-bond acceptors (Lipinski definition) is 1. The monoisotopic (exact) mass is 300 g/mol. The molecule has 4 heteroatoms. The van der Waals surface area contributed by atoms with Crippen molar-refractivity contribution in [1.82, 2.24) is 0 Å². The van der Waals surface area contributed by atoms with Gasteiger partial charge in [-0.1, -0.05) is 36.2 Å². The van der Waals surface area contributed by atoms with Crippen molar-refractivity contribution in [1.29, 1.82) is 0 Å². The number of carboxylic acid groups (broad SMARTS) is 1. The van der Waals surface area contributed by atoms with Crippen LogP contribution in [-0.2, 0) is 11.2 Å². The zero-order chi connectivity index (χ0) is 14.0. The van der Waals surface area contributed by atoms with Gasteiger partial charge in [-0.15, -0.1) is 0 Å². The fourth-order valence-corrected chi connectivity index (χ4v) is 3.34. The zero-order valence-corrected chi connectivity index (χ0v) is 12.4. The molecule has 3 unspecified atom stereocenters. The summed E-state index contributed by atoms with van der Waals surface area (Å²) in [4.78, 5) is 11.3. The number of rotatable bonds is 3. The first-order chi connectivity index (χ1) is 8.97. The summed E-state index contributed by atoms with van der Waals surface area (Å²) in [7, 11) is 0. The van der Waals surface area contributed by atoms with E-state index in [2.05, 4.69) is 6.92 Å². The maximum atomic E-state index is 11.3. The van der Waals surface area contributed by atoms with Gasteiger partial charge in [-0.05, 0) is 55.2 Å². The van der Waals surface area contributed by atoms with Crippen LogP contribution in [0.5, 0.6) is 0 Å². The van der Waals surface area contributed by atoms with Crippen molar-refractivity contribution in [3.63, 3.8) is 0 Å². The maximum absolute atomic E-state index is 11.3. The Kier molecular flexibility index (Phi) is 4.75. The molecule has 0 amide bonds. The van der Waals surface area contributed by atoms with Gasteiger partial charge in [0.25, 0.3) is 0 Å². The molecule has 0 spiro atoms. The molecule has 1 fully saturated rings. The first kappa shape index (κ1) is 14.7. The Hall–Kier alpha value is -0.730. The quantitative estimate of drug-likeness (QED) is 0.880. The minimum atomic E-state index is -0.669. The van der Waals surface area contributed by atoms with E-state index in [-0.39, 0.29) is 11.8 Å². The van der Waals surface area contributed by atoms with Crippen LogP contribution in [0.25, 0.3) is 0 Å². The summed E-state index contributed by atoms with van der Waals surface area (Å²) in [5.74, 6) is -0.107. The van der Waals surface area contributed by atoms with Gasteiger partial charge in [-0.25, -0.2) is 0 Å². The number of halogens is 2. The highest BCUT2D eigenvalue weighted by Gasteiger charge is 2.33. The topological polar surface area (TPSA) is 37.3 Å². The molecule has 0 saturated heterocycles. The van der Waals surface area contributed by atoms with Crippen LogP contribution in [0, 0.1) is 17.8 Å². The van der Waals surface area contributed by atoms with E-state index in [4.69, 9.17) is 23.2 Å². The van der Waals surface area contributed by atoms with Gasteiger partial charge in [-0.3, -0.25) is 4.79 Å². The molecule has 1 N–H and O–H groups in total. The molecular weight excluding hydrogens is 283 g/mol. The van der Waals surface area contributed by atoms with E-state index in [1.54, 1.807) is 6.07 Å². The van der Waals surface area contributed by atoms with Gasteiger partial charge in [0.05, 0.1) is 16.0 Å². The zero-order valence-electron chi connectivity index (χ0n) is 10.9. The second kappa shape index (κ2) is 6.15. The normalized spacial score (nSPS) is 27.2. The predicted molar refractivity (Wildman–Crippen MR) is 77.8 cm³/mol. The summed E-state index contributed by atoms with van der Waals surface area (Å²) in [6.07, 6.45) is 3.52. The molecule has 19 heavy (non-hydrogen) atoms. The minimum absolute atomic E-state index is 0.193. The van der Waals surface area contributed by atoms with Gasteiger partial charge in [0, 0.05) is 0 Å². The first-order valence-corrected chi connectivity index (χ1v) is 7.39. The molecule has 1 aliphatic rings. The molecule has 0 bridgehead atoms. The van der Waals surface area contributed by atoms with Crippen LogP contribution in [0.4, 0.5) is 0 Å². The van der Waals surface area contributed by atoms with Crippen LogP contribution >= 0.6 is 23.2 Å². The van der Waals surface area contributed by atoms with E-state index in [1.165, 1.54) is 0 Å². The lowest BCUT2D eigenvalue weighted by atomic mass is 9.72. The van der Waals surface area contributed by atoms with E-state index < -0.39 is 5.97 Å². The number of benzene rings is 1. The van der Waals surface area contributed by atoms with Crippen LogP contribution in [0.2, 0.25) is 10.0 Å². The van der Waals surface area contributed by atoms with Gasteiger partial charge in [0.2, 0.25) is 0 Å². The molecule has 0 aliphatic heterocycles. The average molecular weight is 301 g/mol. The van der Waals surface area contributed by atoms with Crippen LogP contribution < -0.4 is 0 Å². The Morgan fingerprint density at radius 3 is 2.68 bits per heavy atom. The molecule has 3 atom stereocenters. The van der Waals surface area contributed by atoms with Crippen molar-refractivity contribution >= 4 is 29.2 Å². The molecule has 1 saturated carbocycles. The lowest BCUT2D eigenvalue weighted by Gasteiger charge is -2.32. The van der Waals surface area contributed by atoms with Crippen molar-refractivity contribution in [2.24, 2.45) is 17.8 Å². The van der Waals surface area contributed by atoms with Gasteiger partial charge in [0.15, 0.2) is 0 Å². The highest BCUT2D eigenvalue weighted by atomic mass is 35.5. The molecule has 1 aromatic rings. The highest BCUT2D eigenvalue weighted by Crippen LogP contribution is 2.36. The average Bonchev–Trinajstić information content (AvgIpc) is 2.33. The fraction of sp³-hybridized carbons (Fsp3) is 0.533. The summed E-state index contributed by atoms with van der Waals surface area (Å²) < 4.78 is 0. The van der Waals surface area contributed by atoms with Crippen LogP contribution in [-0.4, -0.2) is 11.1 Å². The number of carboxylic acids is 1. The molecule has 2 nitrogen and oxygen atoms in total. The first-order valence-electron chi connectivity index (χ1n) is 6.64. The van der Waals surface area contributed by atoms with Crippen LogP contribution in [0.1, 0.15) is 31.7 Å². The summed E-state index contributed by atoms with van der Waals surface area (Å²) in [6.45, 7) is 2.19. The Morgan fingerprint density at radius 2 is 2.05 bits per heavy atom. The molecule has 1 aromatic carbocycles. The van der Waals surface area contributed by atoms with Crippen molar-refractivity contribution in [2.45, 2.75) is 32.6 Å². The third-order valence-electron chi connectivity index (χ3n) is 4.04. The Morgan fingerprint density at radius 1 is 1.32 bits per heavy atom. The second-order valence-corrected chi connectivity index (χ2v) is 6.39. The SMILES string of the molecule is CC1CCC(C(=O)O)C(Cc2ccc(Cl)c(Cl)c2)C1. The van der Waals surface area contributed by atoms with Crippen molar-refractivity contribution in [3.05, 3.63) is 33.8 Å². The van der Waals surface area contributed by atoms with Gasteiger partial charge in [-0.2, -0.15) is 0 Å². The number of hydrogen-bond donors (Lipinski definition) is 1. The molecule has 104 valence electrons. The van der Waals surface area contributed by atoms with E-state index in [9.17, 15) is 9.90 Å². The molecule has 2 rings (SSSR count). The minimum Gasteiger partial charge on any atom is -0.481 e. The maximum Gasteiger partial charge on any atom is 0.306 e. The summed E-state index contributed by atoms with van der Waals surface area (Å²) in [5, 5.41) is 10.4. The van der Waals surface area contributed by atoms with Crippen molar-refractivity contribution in [3.8, 4) is 0 Å². The standard InChI is InChI=1S/C15H18Cl2O2/c1-9-2-4-12(15(18)19)11(6-9)7-10-3-5-13(16)14(17)8-10/h3,5,8-9,11-12H,2,4,6-7H2,1H3,(H,18,19). The van der Waals surface area contributed by atoms with Gasteiger partial charge >= 0.3 is 5.97 Å². The van der Waals surface area contributed by atoms with Gasteiger partial charge < -0.3 is 5.11 Å². The molecular formula is C15H18Cl2O2.